The summed E-state index contributed by atoms with van der Waals surface area (Å²) in [5.74, 6) is -0.720. The first-order valence-corrected chi connectivity index (χ1v) is 12.6. The molecule has 32 heavy (non-hydrogen) atoms. The van der Waals surface area contributed by atoms with Crippen molar-refractivity contribution in [3.8, 4) is 0 Å². The molecule has 1 aliphatic heterocycles. The van der Waals surface area contributed by atoms with E-state index in [1.54, 1.807) is 19.1 Å². The standard InChI is InChI=1S/C23H26Cl2N2O4S/c1-5-15(4)27(32(30,31)21-12-17(24)8-11-19(21)25)20-13-22(28)26(23(20)29)18-9-6-16(7-10-18)14(2)3/h6-12,14-15,20H,5,13H2,1-4H3. The van der Waals surface area contributed by atoms with E-state index in [0.717, 1.165) is 14.8 Å². The van der Waals surface area contributed by atoms with Crippen LogP contribution >= 0.6 is 23.2 Å². The van der Waals surface area contributed by atoms with Crippen molar-refractivity contribution < 1.29 is 18.0 Å². The Hall–Kier alpha value is -1.93. The normalized spacial score (nSPS) is 18.1. The SMILES string of the molecule is CCC(C)N(C1CC(=O)N(c2ccc(C(C)C)cc2)C1=O)S(=O)(=O)c1cc(Cl)ccc1Cl. The van der Waals surface area contributed by atoms with Crippen LogP contribution in [0.1, 0.15) is 52.0 Å². The third kappa shape index (κ3) is 4.57. The van der Waals surface area contributed by atoms with Crippen molar-refractivity contribution in [3.63, 3.8) is 0 Å². The summed E-state index contributed by atoms with van der Waals surface area (Å²) in [5.41, 5.74) is 1.50. The average molecular weight is 497 g/mol. The molecule has 6 nitrogen and oxygen atoms in total. The number of imide groups is 1. The maximum absolute atomic E-state index is 13.6. The molecule has 2 aromatic carbocycles. The number of halogens is 2. The van der Waals surface area contributed by atoms with E-state index in [1.165, 1.54) is 18.2 Å². The number of hydrogen-bond donors (Lipinski definition) is 0. The van der Waals surface area contributed by atoms with Gasteiger partial charge in [0.15, 0.2) is 0 Å². The van der Waals surface area contributed by atoms with E-state index >= 15 is 0 Å². The van der Waals surface area contributed by atoms with Crippen molar-refractivity contribution in [2.75, 3.05) is 4.90 Å². The topological polar surface area (TPSA) is 74.8 Å². The molecular weight excluding hydrogens is 471 g/mol. The predicted molar refractivity (Wildman–Crippen MR) is 127 cm³/mol. The highest BCUT2D eigenvalue weighted by Gasteiger charge is 2.48. The molecule has 0 aliphatic carbocycles. The highest BCUT2D eigenvalue weighted by molar-refractivity contribution is 7.89. The lowest BCUT2D eigenvalue weighted by atomic mass is 10.0. The predicted octanol–water partition coefficient (Wildman–Crippen LogP) is 5.24. The molecule has 2 aromatic rings. The summed E-state index contributed by atoms with van der Waals surface area (Å²) in [6, 6.07) is 9.60. The first-order chi connectivity index (χ1) is 15.0. The molecule has 172 valence electrons. The van der Waals surface area contributed by atoms with Gasteiger partial charge in [0.05, 0.1) is 17.1 Å². The van der Waals surface area contributed by atoms with Crippen molar-refractivity contribution >= 4 is 50.7 Å². The smallest absolute Gasteiger partial charge is 0.252 e. The molecule has 0 N–H and O–H groups in total. The number of rotatable bonds is 7. The lowest BCUT2D eigenvalue weighted by Gasteiger charge is -2.32. The Balaban J connectivity index is 2.03. The van der Waals surface area contributed by atoms with E-state index in [2.05, 4.69) is 0 Å². The fourth-order valence-electron chi connectivity index (χ4n) is 3.77. The zero-order valence-corrected chi connectivity index (χ0v) is 20.7. The van der Waals surface area contributed by atoms with E-state index in [-0.39, 0.29) is 21.4 Å². The minimum Gasteiger partial charge on any atom is -0.274 e. The number of anilines is 1. The average Bonchev–Trinajstić information content (AvgIpc) is 3.03. The molecule has 0 saturated carbocycles. The molecule has 1 aliphatic rings. The van der Waals surface area contributed by atoms with E-state index in [4.69, 9.17) is 23.2 Å². The van der Waals surface area contributed by atoms with Crippen LogP contribution < -0.4 is 4.90 Å². The maximum Gasteiger partial charge on any atom is 0.252 e. The summed E-state index contributed by atoms with van der Waals surface area (Å²) >= 11 is 12.2. The molecule has 2 unspecified atom stereocenters. The maximum atomic E-state index is 13.6. The van der Waals surface area contributed by atoms with Gasteiger partial charge in [0.2, 0.25) is 15.9 Å². The molecular formula is C23H26Cl2N2O4S. The molecule has 1 fully saturated rings. The molecule has 3 rings (SSSR count). The second-order valence-corrected chi connectivity index (χ2v) is 10.9. The van der Waals surface area contributed by atoms with Gasteiger partial charge in [-0.2, -0.15) is 4.31 Å². The second kappa shape index (κ2) is 9.51. The molecule has 0 bridgehead atoms. The zero-order valence-electron chi connectivity index (χ0n) is 18.4. The van der Waals surface area contributed by atoms with Crippen LogP contribution in [0.4, 0.5) is 5.69 Å². The molecule has 0 spiro atoms. The summed E-state index contributed by atoms with van der Waals surface area (Å²) in [4.78, 5) is 27.1. The van der Waals surface area contributed by atoms with E-state index in [1.807, 2.05) is 32.9 Å². The Morgan fingerprint density at radius 2 is 1.69 bits per heavy atom. The van der Waals surface area contributed by atoms with Gasteiger partial charge < -0.3 is 0 Å². The van der Waals surface area contributed by atoms with Gasteiger partial charge in [0.1, 0.15) is 10.9 Å². The highest BCUT2D eigenvalue weighted by Crippen LogP contribution is 2.35. The van der Waals surface area contributed by atoms with Gasteiger partial charge in [-0.1, -0.05) is 56.1 Å². The Labute approximate surface area is 199 Å². The van der Waals surface area contributed by atoms with Crippen LogP contribution in [0, 0.1) is 0 Å². The number of hydrogen-bond acceptors (Lipinski definition) is 4. The van der Waals surface area contributed by atoms with E-state index in [9.17, 15) is 18.0 Å². The first kappa shape index (κ1) is 24.7. The van der Waals surface area contributed by atoms with Crippen LogP contribution in [0.2, 0.25) is 10.0 Å². The van der Waals surface area contributed by atoms with Gasteiger partial charge in [0.25, 0.3) is 5.91 Å². The van der Waals surface area contributed by atoms with Crippen molar-refractivity contribution in [2.45, 2.75) is 63.4 Å². The van der Waals surface area contributed by atoms with Gasteiger partial charge in [-0.05, 0) is 55.2 Å². The lowest BCUT2D eigenvalue weighted by Crippen LogP contribution is -2.49. The monoisotopic (exact) mass is 496 g/mol. The van der Waals surface area contributed by atoms with Crippen molar-refractivity contribution in [3.05, 3.63) is 58.1 Å². The fraction of sp³-hybridized carbons (Fsp3) is 0.391. The van der Waals surface area contributed by atoms with Gasteiger partial charge in [-0.25, -0.2) is 13.3 Å². The second-order valence-electron chi connectivity index (χ2n) is 8.20. The quantitative estimate of drug-likeness (QED) is 0.491. The molecule has 1 heterocycles. The number of carbonyl (C=O) groups excluding carboxylic acids is 2. The molecule has 9 heteroatoms. The van der Waals surface area contributed by atoms with E-state index < -0.39 is 33.9 Å². The Morgan fingerprint density at radius 3 is 2.25 bits per heavy atom. The van der Waals surface area contributed by atoms with Gasteiger partial charge in [0, 0.05) is 11.1 Å². The number of benzene rings is 2. The summed E-state index contributed by atoms with van der Waals surface area (Å²) in [5, 5.41) is 0.207. The van der Waals surface area contributed by atoms with Crippen LogP contribution in [-0.2, 0) is 19.6 Å². The number of sulfonamides is 1. The van der Waals surface area contributed by atoms with Gasteiger partial charge in [-0.3, -0.25) is 9.59 Å². The third-order valence-corrected chi connectivity index (χ3v) is 8.46. The third-order valence-electron chi connectivity index (χ3n) is 5.72. The Morgan fingerprint density at radius 1 is 1.06 bits per heavy atom. The van der Waals surface area contributed by atoms with E-state index in [0.29, 0.717) is 18.0 Å². The van der Waals surface area contributed by atoms with Crippen molar-refractivity contribution in [1.29, 1.82) is 0 Å². The van der Waals surface area contributed by atoms with Crippen LogP contribution in [0.15, 0.2) is 47.4 Å². The van der Waals surface area contributed by atoms with Crippen LogP contribution in [-0.4, -0.2) is 36.6 Å². The minimum atomic E-state index is -4.21. The van der Waals surface area contributed by atoms with Crippen molar-refractivity contribution in [1.82, 2.24) is 4.31 Å². The van der Waals surface area contributed by atoms with Gasteiger partial charge in [-0.15, -0.1) is 0 Å². The summed E-state index contributed by atoms with van der Waals surface area (Å²) < 4.78 is 28.3. The fourth-order valence-corrected chi connectivity index (χ4v) is 6.36. The number of nitrogens with zero attached hydrogens (tertiary/aromatic N) is 2. The largest absolute Gasteiger partial charge is 0.274 e. The molecule has 0 radical (unpaired) electrons. The summed E-state index contributed by atoms with van der Waals surface area (Å²) in [6.07, 6.45) is 0.199. The molecule has 1 saturated heterocycles. The van der Waals surface area contributed by atoms with Gasteiger partial charge >= 0.3 is 0 Å². The Bertz CT molecular complexity index is 1130. The van der Waals surface area contributed by atoms with Crippen LogP contribution in [0.5, 0.6) is 0 Å². The lowest BCUT2D eigenvalue weighted by molar-refractivity contribution is -0.122. The molecule has 2 amide bonds. The molecule has 0 aromatic heterocycles. The van der Waals surface area contributed by atoms with Crippen LogP contribution in [0.3, 0.4) is 0 Å². The van der Waals surface area contributed by atoms with Crippen molar-refractivity contribution in [2.24, 2.45) is 0 Å². The molecule has 2 atom stereocenters. The number of amides is 2. The first-order valence-electron chi connectivity index (χ1n) is 10.4. The number of carbonyl (C=O) groups is 2. The highest BCUT2D eigenvalue weighted by atomic mass is 35.5. The zero-order chi connectivity index (χ0) is 23.8. The minimum absolute atomic E-state index is 0.000561. The summed E-state index contributed by atoms with van der Waals surface area (Å²) in [7, 11) is -4.21. The summed E-state index contributed by atoms with van der Waals surface area (Å²) in [6.45, 7) is 7.62. The Kier molecular flexibility index (Phi) is 7.34. The van der Waals surface area contributed by atoms with Crippen LogP contribution in [0.25, 0.3) is 0 Å².